The zero-order chi connectivity index (χ0) is 8.72. The Labute approximate surface area is 71.2 Å². The molecule has 0 amide bonds. The van der Waals surface area contributed by atoms with Crippen molar-refractivity contribution in [2.45, 2.75) is 32.6 Å². The van der Waals surface area contributed by atoms with Crippen molar-refractivity contribution in [1.29, 1.82) is 0 Å². The molecule has 0 radical (unpaired) electrons. The van der Waals surface area contributed by atoms with Gasteiger partial charge in [0.2, 0.25) is 0 Å². The predicted molar refractivity (Wildman–Crippen MR) is 46.5 cm³/mol. The van der Waals surface area contributed by atoms with Gasteiger partial charge in [-0.25, -0.2) is 4.79 Å². The van der Waals surface area contributed by atoms with Crippen molar-refractivity contribution in [2.24, 2.45) is 0 Å². The van der Waals surface area contributed by atoms with Gasteiger partial charge < -0.3 is 4.42 Å². The van der Waals surface area contributed by atoms with Gasteiger partial charge in [-0.2, -0.15) is 0 Å². The van der Waals surface area contributed by atoms with Gasteiger partial charge in [0.1, 0.15) is 0 Å². The second kappa shape index (κ2) is 2.47. The van der Waals surface area contributed by atoms with E-state index in [1.807, 2.05) is 6.92 Å². The molecule has 0 saturated heterocycles. The lowest BCUT2D eigenvalue weighted by Crippen LogP contribution is -2.09. The smallest absolute Gasteiger partial charge is 0.339 e. The minimum absolute atomic E-state index is 0.138. The Morgan fingerprint density at radius 1 is 1.58 bits per heavy atom. The summed E-state index contributed by atoms with van der Waals surface area (Å²) in [4.78, 5) is 11.3. The number of fused-ring (bicyclic) bond motifs is 1. The largest absolute Gasteiger partial charge is 0.431 e. The van der Waals surface area contributed by atoms with Crippen molar-refractivity contribution in [3.05, 3.63) is 33.4 Å². The third-order valence-electron chi connectivity index (χ3n) is 2.68. The minimum Gasteiger partial charge on any atom is -0.431 e. The maximum atomic E-state index is 11.3. The van der Waals surface area contributed by atoms with Crippen LogP contribution < -0.4 is 5.63 Å². The highest BCUT2D eigenvalue weighted by atomic mass is 16.4. The van der Waals surface area contributed by atoms with Crippen molar-refractivity contribution < 1.29 is 4.42 Å². The van der Waals surface area contributed by atoms with Crippen LogP contribution in [0.3, 0.4) is 0 Å². The van der Waals surface area contributed by atoms with Crippen molar-refractivity contribution in [2.75, 3.05) is 0 Å². The highest BCUT2D eigenvalue weighted by Crippen LogP contribution is 2.31. The molecule has 1 atom stereocenters. The van der Waals surface area contributed by atoms with E-state index in [2.05, 4.69) is 6.92 Å². The average Bonchev–Trinajstić information content (AvgIpc) is 2.42. The maximum absolute atomic E-state index is 11.3. The van der Waals surface area contributed by atoms with Crippen LogP contribution in [0.25, 0.3) is 0 Å². The molecule has 0 fully saturated rings. The summed E-state index contributed by atoms with van der Waals surface area (Å²) >= 11 is 0. The summed E-state index contributed by atoms with van der Waals surface area (Å²) in [7, 11) is 0. The highest BCUT2D eigenvalue weighted by Gasteiger charge is 2.24. The van der Waals surface area contributed by atoms with Crippen LogP contribution in [-0.4, -0.2) is 0 Å². The average molecular weight is 164 g/mol. The Kier molecular flexibility index (Phi) is 1.56. The molecular formula is C10H12O2. The number of rotatable bonds is 0. The summed E-state index contributed by atoms with van der Waals surface area (Å²) in [5.41, 5.74) is 3.11. The van der Waals surface area contributed by atoms with Gasteiger partial charge in [-0.05, 0) is 36.8 Å². The molecule has 1 aliphatic carbocycles. The fraction of sp³-hybridized carbons (Fsp3) is 0.500. The second-order valence-corrected chi connectivity index (χ2v) is 3.54. The molecule has 0 aromatic carbocycles. The van der Waals surface area contributed by atoms with Crippen LogP contribution in [0, 0.1) is 6.92 Å². The van der Waals surface area contributed by atoms with E-state index in [9.17, 15) is 4.79 Å². The van der Waals surface area contributed by atoms with Gasteiger partial charge in [0.15, 0.2) is 0 Å². The Bertz CT molecular complexity index is 363. The number of hydrogen-bond acceptors (Lipinski definition) is 2. The minimum atomic E-state index is -0.138. The summed E-state index contributed by atoms with van der Waals surface area (Å²) < 4.78 is 4.92. The predicted octanol–water partition coefficient (Wildman–Crippen LogP) is 2.00. The molecule has 64 valence electrons. The number of hydrogen-bond donors (Lipinski definition) is 0. The normalized spacial score (nSPS) is 21.0. The molecule has 1 heterocycles. The Balaban J connectivity index is 2.73. The molecule has 1 aliphatic rings. The van der Waals surface area contributed by atoms with Gasteiger partial charge in [-0.1, -0.05) is 6.92 Å². The summed E-state index contributed by atoms with van der Waals surface area (Å²) in [6.07, 6.45) is 3.69. The Morgan fingerprint density at radius 2 is 2.33 bits per heavy atom. The summed E-state index contributed by atoms with van der Waals surface area (Å²) in [6.45, 7) is 4.09. The van der Waals surface area contributed by atoms with Crippen LogP contribution in [0.15, 0.2) is 15.5 Å². The van der Waals surface area contributed by atoms with Crippen molar-refractivity contribution in [3.63, 3.8) is 0 Å². The molecule has 0 aliphatic heterocycles. The first kappa shape index (κ1) is 7.59. The third-order valence-corrected chi connectivity index (χ3v) is 2.68. The van der Waals surface area contributed by atoms with Gasteiger partial charge in [-0.15, -0.1) is 0 Å². The topological polar surface area (TPSA) is 30.2 Å². The molecule has 12 heavy (non-hydrogen) atoms. The van der Waals surface area contributed by atoms with Gasteiger partial charge in [0.25, 0.3) is 0 Å². The van der Waals surface area contributed by atoms with Gasteiger partial charge >= 0.3 is 5.63 Å². The van der Waals surface area contributed by atoms with E-state index in [1.165, 1.54) is 5.56 Å². The molecule has 0 spiro atoms. The van der Waals surface area contributed by atoms with E-state index in [1.54, 1.807) is 6.26 Å². The van der Waals surface area contributed by atoms with Crippen molar-refractivity contribution >= 4 is 0 Å². The monoisotopic (exact) mass is 164 g/mol. The van der Waals surface area contributed by atoms with E-state index in [-0.39, 0.29) is 5.63 Å². The van der Waals surface area contributed by atoms with E-state index in [0.29, 0.717) is 5.92 Å². The summed E-state index contributed by atoms with van der Waals surface area (Å²) in [6, 6.07) is 0. The molecular weight excluding hydrogens is 152 g/mol. The fourth-order valence-electron chi connectivity index (χ4n) is 1.95. The first-order valence-electron chi connectivity index (χ1n) is 4.31. The second-order valence-electron chi connectivity index (χ2n) is 3.54. The highest BCUT2D eigenvalue weighted by molar-refractivity contribution is 5.36. The third kappa shape index (κ3) is 0.909. The van der Waals surface area contributed by atoms with Crippen LogP contribution in [0.5, 0.6) is 0 Å². The van der Waals surface area contributed by atoms with Crippen LogP contribution in [-0.2, 0) is 6.42 Å². The van der Waals surface area contributed by atoms with E-state index in [0.717, 1.165) is 24.0 Å². The van der Waals surface area contributed by atoms with E-state index < -0.39 is 0 Å². The molecule has 2 nitrogen and oxygen atoms in total. The standard InChI is InChI=1S/C10H12O2/c1-6-3-4-8-7(2)5-12-10(11)9(6)8/h5-6H,3-4H2,1-2H3. The maximum Gasteiger partial charge on any atom is 0.339 e. The fourth-order valence-corrected chi connectivity index (χ4v) is 1.95. The van der Waals surface area contributed by atoms with Gasteiger partial charge in [0, 0.05) is 5.56 Å². The first-order valence-corrected chi connectivity index (χ1v) is 4.31. The van der Waals surface area contributed by atoms with E-state index >= 15 is 0 Å². The van der Waals surface area contributed by atoms with Gasteiger partial charge in [-0.3, -0.25) is 0 Å². The van der Waals surface area contributed by atoms with Crippen molar-refractivity contribution in [1.82, 2.24) is 0 Å². The molecule has 1 unspecified atom stereocenters. The van der Waals surface area contributed by atoms with Crippen LogP contribution in [0.1, 0.15) is 36.0 Å². The molecule has 0 N–H and O–H groups in total. The first-order chi connectivity index (χ1) is 5.70. The van der Waals surface area contributed by atoms with E-state index in [4.69, 9.17) is 4.42 Å². The summed E-state index contributed by atoms with van der Waals surface area (Å²) in [5, 5.41) is 0. The lowest BCUT2D eigenvalue weighted by atomic mass is 10.0. The number of aryl methyl sites for hydroxylation is 1. The Hall–Kier alpha value is -1.05. The zero-order valence-electron chi connectivity index (χ0n) is 7.39. The molecule has 0 bridgehead atoms. The zero-order valence-corrected chi connectivity index (χ0v) is 7.39. The summed E-state index contributed by atoms with van der Waals surface area (Å²) in [5.74, 6) is 0.385. The molecule has 0 saturated carbocycles. The Morgan fingerprint density at radius 3 is 3.00 bits per heavy atom. The molecule has 2 rings (SSSR count). The van der Waals surface area contributed by atoms with Crippen LogP contribution >= 0.6 is 0 Å². The van der Waals surface area contributed by atoms with Gasteiger partial charge in [0.05, 0.1) is 6.26 Å². The van der Waals surface area contributed by atoms with Crippen LogP contribution in [0.2, 0.25) is 0 Å². The lowest BCUT2D eigenvalue weighted by molar-refractivity contribution is 0.493. The van der Waals surface area contributed by atoms with Crippen molar-refractivity contribution in [3.8, 4) is 0 Å². The molecule has 1 aromatic rings. The lowest BCUT2D eigenvalue weighted by Gasteiger charge is -2.02. The van der Waals surface area contributed by atoms with Crippen LogP contribution in [0.4, 0.5) is 0 Å². The molecule has 2 heteroatoms. The SMILES string of the molecule is Cc1coc(=O)c2c1CCC2C. The quantitative estimate of drug-likeness (QED) is 0.587. The molecule has 1 aromatic heterocycles.